The second kappa shape index (κ2) is 30.1. The summed E-state index contributed by atoms with van der Waals surface area (Å²) in [4.78, 5) is 0. The molecular formula is C117H150. The van der Waals surface area contributed by atoms with Crippen molar-refractivity contribution in [1.29, 1.82) is 0 Å². The van der Waals surface area contributed by atoms with Gasteiger partial charge in [0.15, 0.2) is 0 Å². The fourth-order valence-electron chi connectivity index (χ4n) is 24.3. The first-order chi connectivity index (χ1) is 53.8. The number of hydrogen-bond acceptors (Lipinski definition) is 0. The minimum Gasteiger partial charge on any atom is -0.0516 e. The summed E-state index contributed by atoms with van der Waals surface area (Å²) in [5.74, 6) is 0. The molecule has 0 N–H and O–H groups in total. The second-order valence-corrected chi connectivity index (χ2v) is 39.9. The van der Waals surface area contributed by atoms with Crippen molar-refractivity contribution in [3.8, 4) is 33.4 Å². The molecule has 0 saturated heterocycles. The quantitative estimate of drug-likeness (QED) is 0.133. The van der Waals surface area contributed by atoms with Crippen molar-refractivity contribution >= 4 is 43.1 Å². The summed E-state index contributed by atoms with van der Waals surface area (Å²) in [6, 6.07) is 0. The highest BCUT2D eigenvalue weighted by Crippen LogP contribution is 2.60. The van der Waals surface area contributed by atoms with E-state index >= 15 is 0 Å². The van der Waals surface area contributed by atoms with E-state index in [0.717, 1.165) is 0 Å². The Morgan fingerprint density at radius 2 is 0.162 bits per heavy atom. The highest BCUT2D eigenvalue weighted by Gasteiger charge is 2.45. The first kappa shape index (κ1) is 89.5. The molecule has 0 nitrogen and oxygen atoms in total. The Labute approximate surface area is 712 Å². The van der Waals surface area contributed by atoms with Gasteiger partial charge < -0.3 is 0 Å². The van der Waals surface area contributed by atoms with Crippen LogP contribution in [0.4, 0.5) is 0 Å². The number of benzene rings is 12. The second-order valence-electron chi connectivity index (χ2n) is 39.9. The SMILES string of the molecule is Cc1c(C)c(C)c2c(C)c3c(C)c(C)c(C)c(C)c3c(C)c2c1C.Cc1c(C)c(C)c2c(C)c3c(C)c(C)c(C)c(C)c3c(C)c2c1C.Cc1c(C)c(C)c2c(c1C)-c1c(C)c(C)c(C)c(C)c1C2(C)C.Cc1c(C)c(C)c2c(c1C)-c1c(C)c(C)c(C)c(C)c1C2(C)C.Cc1c(C)c(C)c2c(c1C)-c1c(C)c(C)c(C)c(C)c1C2(C)C. The van der Waals surface area contributed by atoms with Gasteiger partial charge in [0.2, 0.25) is 0 Å². The van der Waals surface area contributed by atoms with Crippen LogP contribution in [-0.4, -0.2) is 0 Å². The number of rotatable bonds is 0. The lowest BCUT2D eigenvalue weighted by atomic mass is 9.76. The van der Waals surface area contributed by atoms with Gasteiger partial charge in [-0.05, 0) is 659 Å². The van der Waals surface area contributed by atoms with E-state index in [9.17, 15) is 0 Å². The van der Waals surface area contributed by atoms with E-state index in [2.05, 4.69) is 346 Å². The number of hydrogen-bond donors (Lipinski definition) is 0. The smallest absolute Gasteiger partial charge is 0.0164 e. The Morgan fingerprint density at radius 1 is 0.0855 bits per heavy atom. The first-order valence-corrected chi connectivity index (χ1v) is 44.2. The minimum absolute atomic E-state index is 0.0886. The zero-order valence-electron chi connectivity index (χ0n) is 83.5. The molecule has 12 aromatic carbocycles. The van der Waals surface area contributed by atoms with Gasteiger partial charge in [0.25, 0.3) is 0 Å². The molecule has 0 radical (unpaired) electrons. The standard InChI is InChI=1S/2C24H30.3C23H30/c2*1-11-12(2)16(6)22-20(10)24-18(8)14(4)13(3)17(7)23(24)19(9)21(22)15(11)5;3*1-11-13(3)17(7)21-19(15(11)5)20-16(6)12(2)14(4)18(8)22(20)23(21,9)10/h2*1-10H3;3*1-10H3. The highest BCUT2D eigenvalue weighted by molar-refractivity contribution is 6.13. The van der Waals surface area contributed by atoms with Gasteiger partial charge in [-0.1, -0.05) is 41.5 Å². The monoisotopic (exact) mass is 1560 g/mol. The maximum atomic E-state index is 2.42. The molecule has 0 spiro atoms. The zero-order valence-corrected chi connectivity index (χ0v) is 83.5. The van der Waals surface area contributed by atoms with Crippen molar-refractivity contribution in [2.24, 2.45) is 0 Å². The molecule has 0 aromatic heterocycles. The maximum Gasteiger partial charge on any atom is 0.0164 e. The van der Waals surface area contributed by atoms with Crippen LogP contribution in [0.3, 0.4) is 0 Å². The third kappa shape index (κ3) is 12.4. The molecule has 0 saturated carbocycles. The molecule has 0 amide bonds. The van der Waals surface area contributed by atoms with Gasteiger partial charge in [-0.2, -0.15) is 0 Å². The Hall–Kier alpha value is -8.32. The van der Waals surface area contributed by atoms with E-state index in [4.69, 9.17) is 0 Å². The van der Waals surface area contributed by atoms with Crippen molar-refractivity contribution in [2.45, 2.75) is 362 Å². The molecule has 3 aliphatic carbocycles. The Bertz CT molecular complexity index is 5390. The van der Waals surface area contributed by atoms with Crippen molar-refractivity contribution in [2.75, 3.05) is 0 Å². The van der Waals surface area contributed by atoms with Gasteiger partial charge in [0.05, 0.1) is 0 Å². The van der Waals surface area contributed by atoms with Gasteiger partial charge in [-0.25, -0.2) is 0 Å². The average Bonchev–Trinajstić information content (AvgIpc) is 1.60. The van der Waals surface area contributed by atoms with Gasteiger partial charge in [-0.15, -0.1) is 0 Å². The van der Waals surface area contributed by atoms with E-state index in [1.54, 1.807) is 33.4 Å². The van der Waals surface area contributed by atoms with Crippen LogP contribution < -0.4 is 0 Å². The third-order valence-corrected chi connectivity index (χ3v) is 34.4. The molecule has 12 aromatic rings. The first-order valence-electron chi connectivity index (χ1n) is 44.2. The lowest BCUT2D eigenvalue weighted by Crippen LogP contribution is -2.19. The predicted molar refractivity (Wildman–Crippen MR) is 523 cm³/mol. The van der Waals surface area contributed by atoms with Crippen molar-refractivity contribution in [1.82, 2.24) is 0 Å². The molecule has 117 heavy (non-hydrogen) atoms. The van der Waals surface area contributed by atoms with E-state index < -0.39 is 0 Å². The summed E-state index contributed by atoms with van der Waals surface area (Å²) in [5.41, 5.74) is 83.0. The largest absolute Gasteiger partial charge is 0.0516 e. The summed E-state index contributed by atoms with van der Waals surface area (Å²) in [7, 11) is 0. The van der Waals surface area contributed by atoms with Crippen LogP contribution in [0.15, 0.2) is 0 Å². The fraction of sp³-hybridized carbons (Fsp3) is 0.453. The molecule has 0 fully saturated rings. The summed E-state index contributed by atoms with van der Waals surface area (Å²) in [6.45, 7) is 116. The summed E-state index contributed by atoms with van der Waals surface area (Å²) in [5, 5.41) is 11.8. The fourth-order valence-corrected chi connectivity index (χ4v) is 24.3. The highest BCUT2D eigenvalue weighted by atomic mass is 14.5. The van der Waals surface area contributed by atoms with E-state index in [0.29, 0.717) is 0 Å². The van der Waals surface area contributed by atoms with Gasteiger partial charge in [0, 0.05) is 16.2 Å². The molecule has 0 heteroatoms. The van der Waals surface area contributed by atoms with Crippen LogP contribution in [0.1, 0.15) is 320 Å². The topological polar surface area (TPSA) is 0 Å². The lowest BCUT2D eigenvalue weighted by Gasteiger charge is -2.28. The van der Waals surface area contributed by atoms with Crippen LogP contribution in [0.5, 0.6) is 0 Å². The number of fused-ring (bicyclic) bond motifs is 13. The van der Waals surface area contributed by atoms with Crippen LogP contribution in [0, 0.1) is 305 Å². The third-order valence-electron chi connectivity index (χ3n) is 34.4. The van der Waals surface area contributed by atoms with Crippen LogP contribution >= 0.6 is 0 Å². The Morgan fingerprint density at radius 3 is 0.256 bits per heavy atom. The molecule has 0 heterocycles. The molecule has 3 aliphatic rings. The Balaban J connectivity index is 0.000000144. The average molecular weight is 1560 g/mol. The van der Waals surface area contributed by atoms with Crippen LogP contribution in [0.25, 0.3) is 76.5 Å². The maximum absolute atomic E-state index is 2.42. The zero-order chi connectivity index (χ0) is 88.5. The van der Waals surface area contributed by atoms with E-state index in [1.165, 1.54) is 321 Å². The normalized spacial score (nSPS) is 13.6. The molecule has 0 bridgehead atoms. The summed E-state index contributed by atoms with van der Waals surface area (Å²) in [6.07, 6.45) is 0. The molecular weight excluding hydrogens is 1410 g/mol. The van der Waals surface area contributed by atoms with Gasteiger partial charge in [0.1, 0.15) is 0 Å². The van der Waals surface area contributed by atoms with E-state index in [1.807, 2.05) is 0 Å². The van der Waals surface area contributed by atoms with Crippen molar-refractivity contribution in [3.05, 3.63) is 278 Å². The number of aryl methyl sites for hydroxylation is 12. The van der Waals surface area contributed by atoms with Crippen LogP contribution in [0.2, 0.25) is 0 Å². The lowest BCUT2D eigenvalue weighted by molar-refractivity contribution is 0.648. The summed E-state index contributed by atoms with van der Waals surface area (Å²) < 4.78 is 0. The van der Waals surface area contributed by atoms with Gasteiger partial charge >= 0.3 is 0 Å². The van der Waals surface area contributed by atoms with Crippen molar-refractivity contribution < 1.29 is 0 Å². The van der Waals surface area contributed by atoms with Crippen LogP contribution in [-0.2, 0) is 16.2 Å². The minimum atomic E-state index is 0.0886. The molecule has 618 valence electrons. The predicted octanol–water partition coefficient (Wildman–Crippen LogP) is 33.5. The van der Waals surface area contributed by atoms with E-state index in [-0.39, 0.29) is 16.2 Å². The molecule has 0 atom stereocenters. The Kier molecular flexibility index (Phi) is 23.0. The van der Waals surface area contributed by atoms with Crippen molar-refractivity contribution in [3.63, 3.8) is 0 Å². The molecule has 0 unspecified atom stereocenters. The summed E-state index contributed by atoms with van der Waals surface area (Å²) >= 11 is 0. The van der Waals surface area contributed by atoms with Gasteiger partial charge in [-0.3, -0.25) is 0 Å². The molecule has 0 aliphatic heterocycles. The molecule has 15 rings (SSSR count).